The number of nitrogens with one attached hydrogen (secondary N) is 1. The van der Waals surface area contributed by atoms with Gasteiger partial charge in [0.25, 0.3) is 0 Å². The predicted molar refractivity (Wildman–Crippen MR) is 107 cm³/mol. The first-order valence-electron chi connectivity index (χ1n) is 8.60. The fraction of sp³-hybridized carbons (Fsp3) is 0.227. The van der Waals surface area contributed by atoms with Gasteiger partial charge in [0.15, 0.2) is 0 Å². The molecule has 0 aliphatic heterocycles. The van der Waals surface area contributed by atoms with E-state index in [1.807, 2.05) is 68.7 Å². The summed E-state index contributed by atoms with van der Waals surface area (Å²) < 4.78 is 5.45. The van der Waals surface area contributed by atoms with Gasteiger partial charge in [-0.3, -0.25) is 4.79 Å². The van der Waals surface area contributed by atoms with Crippen LogP contribution in [-0.4, -0.2) is 38.1 Å². The molecule has 26 heavy (non-hydrogen) atoms. The van der Waals surface area contributed by atoms with Crippen LogP contribution >= 0.6 is 0 Å². The van der Waals surface area contributed by atoms with Gasteiger partial charge in [-0.05, 0) is 43.4 Å². The van der Waals surface area contributed by atoms with Gasteiger partial charge in [0, 0.05) is 12.6 Å². The van der Waals surface area contributed by atoms with E-state index in [0.717, 1.165) is 23.4 Å². The SMILES string of the molecule is C=CCOc1ccc(/C=C/C(=O)N[C@H](CN(C)C)c2ccccc2)cc1. The van der Waals surface area contributed by atoms with Crippen molar-refractivity contribution < 1.29 is 9.53 Å². The number of hydrogen-bond donors (Lipinski definition) is 1. The van der Waals surface area contributed by atoms with Crippen molar-refractivity contribution in [3.63, 3.8) is 0 Å². The number of benzene rings is 2. The second kappa shape index (κ2) is 10.2. The summed E-state index contributed by atoms with van der Waals surface area (Å²) in [6, 6.07) is 17.5. The molecule has 4 heteroatoms. The molecule has 0 radical (unpaired) electrons. The van der Waals surface area contributed by atoms with Crippen LogP contribution in [0.15, 0.2) is 73.3 Å². The van der Waals surface area contributed by atoms with Crippen LogP contribution in [0.4, 0.5) is 0 Å². The molecule has 2 rings (SSSR count). The number of amides is 1. The molecule has 0 saturated heterocycles. The van der Waals surface area contributed by atoms with Crippen molar-refractivity contribution in [1.82, 2.24) is 10.2 Å². The molecule has 0 saturated carbocycles. The molecule has 0 aromatic heterocycles. The molecule has 1 amide bonds. The van der Waals surface area contributed by atoms with Crippen molar-refractivity contribution in [1.29, 1.82) is 0 Å². The predicted octanol–water partition coefficient (Wildman–Crippen LogP) is 3.68. The minimum absolute atomic E-state index is 0.0574. The topological polar surface area (TPSA) is 41.6 Å². The lowest BCUT2D eigenvalue weighted by Gasteiger charge is -2.22. The van der Waals surface area contributed by atoms with Crippen LogP contribution in [-0.2, 0) is 4.79 Å². The first kappa shape index (κ1) is 19.5. The number of rotatable bonds is 9. The Bertz CT molecular complexity index is 722. The average Bonchev–Trinajstić information content (AvgIpc) is 2.65. The molecule has 0 heterocycles. The Morgan fingerprint density at radius 3 is 2.46 bits per heavy atom. The molecule has 2 aromatic rings. The standard InChI is InChI=1S/C22H26N2O2/c1-4-16-26-20-13-10-18(11-14-20)12-15-22(25)23-21(17-24(2)3)19-8-6-5-7-9-19/h4-15,21H,1,16-17H2,2-3H3,(H,23,25)/b15-12+/t21-/m1/s1. The number of ether oxygens (including phenoxy) is 1. The van der Waals surface area contributed by atoms with Crippen LogP contribution in [0.5, 0.6) is 5.75 Å². The van der Waals surface area contributed by atoms with E-state index in [1.165, 1.54) is 0 Å². The van der Waals surface area contributed by atoms with Crippen molar-refractivity contribution in [2.75, 3.05) is 27.2 Å². The minimum atomic E-state index is -0.118. The van der Waals surface area contributed by atoms with Crippen molar-refractivity contribution in [2.24, 2.45) is 0 Å². The van der Waals surface area contributed by atoms with Gasteiger partial charge in [-0.25, -0.2) is 0 Å². The Balaban J connectivity index is 1.98. The maximum atomic E-state index is 12.3. The molecule has 1 atom stereocenters. The summed E-state index contributed by atoms with van der Waals surface area (Å²) in [7, 11) is 3.99. The lowest BCUT2D eigenvalue weighted by atomic mass is 10.1. The third kappa shape index (κ3) is 6.57. The number of carbonyl (C=O) groups is 1. The largest absolute Gasteiger partial charge is 0.490 e. The zero-order valence-corrected chi connectivity index (χ0v) is 15.4. The normalized spacial score (nSPS) is 12.1. The number of hydrogen-bond acceptors (Lipinski definition) is 3. The lowest BCUT2D eigenvalue weighted by molar-refractivity contribution is -0.117. The van der Waals surface area contributed by atoms with Gasteiger partial charge in [-0.1, -0.05) is 55.1 Å². The third-order valence-corrected chi connectivity index (χ3v) is 3.74. The summed E-state index contributed by atoms with van der Waals surface area (Å²) in [6.45, 7) is 4.83. The van der Waals surface area contributed by atoms with Gasteiger partial charge in [0.2, 0.25) is 5.91 Å². The second-order valence-corrected chi connectivity index (χ2v) is 6.24. The molecule has 1 N–H and O–H groups in total. The van der Waals surface area contributed by atoms with Crippen LogP contribution in [0.2, 0.25) is 0 Å². The fourth-order valence-electron chi connectivity index (χ4n) is 2.51. The molecular formula is C22H26N2O2. The summed E-state index contributed by atoms with van der Waals surface area (Å²) in [4.78, 5) is 14.4. The van der Waals surface area contributed by atoms with Gasteiger partial charge in [-0.15, -0.1) is 0 Å². The minimum Gasteiger partial charge on any atom is -0.490 e. The molecule has 0 aliphatic rings. The molecule has 136 valence electrons. The van der Waals surface area contributed by atoms with Crippen LogP contribution < -0.4 is 10.1 Å². The van der Waals surface area contributed by atoms with Crippen LogP contribution in [0, 0.1) is 0 Å². The Labute approximate surface area is 155 Å². The summed E-state index contributed by atoms with van der Waals surface area (Å²) >= 11 is 0. The van der Waals surface area contributed by atoms with Crippen molar-refractivity contribution >= 4 is 12.0 Å². The Morgan fingerprint density at radius 1 is 1.15 bits per heavy atom. The highest BCUT2D eigenvalue weighted by Crippen LogP contribution is 2.15. The number of carbonyl (C=O) groups excluding carboxylic acids is 1. The van der Waals surface area contributed by atoms with Gasteiger partial charge >= 0.3 is 0 Å². The molecular weight excluding hydrogens is 324 g/mol. The zero-order valence-electron chi connectivity index (χ0n) is 15.4. The number of likely N-dealkylation sites (N-methyl/N-ethyl adjacent to an activating group) is 1. The van der Waals surface area contributed by atoms with Crippen LogP contribution in [0.3, 0.4) is 0 Å². The molecule has 0 unspecified atom stereocenters. The Kier molecular flexibility index (Phi) is 7.65. The number of nitrogens with zero attached hydrogens (tertiary/aromatic N) is 1. The van der Waals surface area contributed by atoms with Crippen LogP contribution in [0.25, 0.3) is 6.08 Å². The van der Waals surface area contributed by atoms with E-state index >= 15 is 0 Å². The highest BCUT2D eigenvalue weighted by molar-refractivity contribution is 5.92. The smallest absolute Gasteiger partial charge is 0.244 e. The van der Waals surface area contributed by atoms with Gasteiger partial charge in [0.05, 0.1) is 6.04 Å². The highest BCUT2D eigenvalue weighted by Gasteiger charge is 2.13. The first-order valence-corrected chi connectivity index (χ1v) is 8.60. The second-order valence-electron chi connectivity index (χ2n) is 6.24. The van der Waals surface area contributed by atoms with Gasteiger partial charge in [-0.2, -0.15) is 0 Å². The third-order valence-electron chi connectivity index (χ3n) is 3.74. The molecule has 0 bridgehead atoms. The Hall–Kier alpha value is -2.85. The monoisotopic (exact) mass is 350 g/mol. The molecule has 0 spiro atoms. The summed E-state index contributed by atoms with van der Waals surface area (Å²) in [5, 5.41) is 3.07. The van der Waals surface area contributed by atoms with E-state index < -0.39 is 0 Å². The van der Waals surface area contributed by atoms with E-state index in [2.05, 4.69) is 16.8 Å². The summed E-state index contributed by atoms with van der Waals surface area (Å²) in [5.41, 5.74) is 2.03. The van der Waals surface area contributed by atoms with E-state index in [-0.39, 0.29) is 11.9 Å². The fourth-order valence-corrected chi connectivity index (χ4v) is 2.51. The summed E-state index contributed by atoms with van der Waals surface area (Å²) in [6.07, 6.45) is 5.06. The van der Waals surface area contributed by atoms with E-state index in [4.69, 9.17) is 4.74 Å². The summed E-state index contributed by atoms with van der Waals surface area (Å²) in [5.74, 6) is 0.661. The first-order chi connectivity index (χ1) is 12.6. The molecule has 2 aromatic carbocycles. The molecule has 0 aliphatic carbocycles. The van der Waals surface area contributed by atoms with Gasteiger partial charge < -0.3 is 15.0 Å². The maximum Gasteiger partial charge on any atom is 0.244 e. The van der Waals surface area contributed by atoms with Gasteiger partial charge in [0.1, 0.15) is 12.4 Å². The van der Waals surface area contributed by atoms with Crippen molar-refractivity contribution in [3.05, 3.63) is 84.5 Å². The van der Waals surface area contributed by atoms with Crippen LogP contribution in [0.1, 0.15) is 17.2 Å². The molecule has 0 fully saturated rings. The van der Waals surface area contributed by atoms with E-state index in [9.17, 15) is 4.79 Å². The molecule has 4 nitrogen and oxygen atoms in total. The van der Waals surface area contributed by atoms with E-state index in [0.29, 0.717) is 6.61 Å². The van der Waals surface area contributed by atoms with E-state index in [1.54, 1.807) is 18.2 Å². The lowest BCUT2D eigenvalue weighted by Crippen LogP contribution is -2.34. The van der Waals surface area contributed by atoms with Crippen molar-refractivity contribution in [2.45, 2.75) is 6.04 Å². The Morgan fingerprint density at radius 2 is 1.85 bits per heavy atom. The maximum absolute atomic E-state index is 12.3. The zero-order chi connectivity index (χ0) is 18.8. The van der Waals surface area contributed by atoms with Crippen molar-refractivity contribution in [3.8, 4) is 5.75 Å². The average molecular weight is 350 g/mol. The quantitative estimate of drug-likeness (QED) is 0.554. The highest BCUT2D eigenvalue weighted by atomic mass is 16.5.